The van der Waals surface area contributed by atoms with Gasteiger partial charge >= 0.3 is 0 Å². The summed E-state index contributed by atoms with van der Waals surface area (Å²) >= 11 is 0. The van der Waals surface area contributed by atoms with Crippen LogP contribution in [0.2, 0.25) is 0 Å². The van der Waals surface area contributed by atoms with Crippen LogP contribution in [0.15, 0.2) is 30.4 Å². The van der Waals surface area contributed by atoms with Gasteiger partial charge in [-0.15, -0.1) is 0 Å². The van der Waals surface area contributed by atoms with Crippen molar-refractivity contribution in [3.8, 4) is 11.5 Å². The van der Waals surface area contributed by atoms with Crippen molar-refractivity contribution in [1.29, 1.82) is 0 Å². The normalized spacial score (nSPS) is 44.3. The van der Waals surface area contributed by atoms with Gasteiger partial charge in [0.2, 0.25) is 0 Å². The standard InChI is InChI=1S/C43H67NO5/c1-28(26-45)30-14-20-43(27-49-37-9-7-8-24-48-37)22-21-41(5)31(38(30)43)11-13-35-40(4)18-16-36(39(2,3)34(40)15-19-42(35,41)6)44-23-17-29-10-12-32(46)33(47)25-29/h10,12,25,30-31,34-38,44-47H,1,7-9,11,13-24,26-27H2,2-6H3/t30-,31?,34?,35?,36?,37?,38?,40-,41+,42+,43+/m0/s1. The summed E-state index contributed by atoms with van der Waals surface area (Å²) in [5.41, 5.74) is 3.37. The molecule has 7 rings (SSSR count). The largest absolute Gasteiger partial charge is 0.504 e. The third-order valence-electron chi connectivity index (χ3n) is 16.9. The van der Waals surface area contributed by atoms with E-state index in [4.69, 9.17) is 9.47 Å². The SMILES string of the molecule is C=C(CO)[C@@H]1CC[C@]2(COC3CCCCO3)CC[C@]3(C)C(CCC4[C@@]5(C)CCC(NCCc6ccc(O)c(O)c6)C(C)(C)C5CC[C@]43C)C12. The minimum Gasteiger partial charge on any atom is -0.504 e. The molecule has 1 aromatic carbocycles. The molecule has 6 nitrogen and oxygen atoms in total. The van der Waals surface area contributed by atoms with Crippen LogP contribution in [0, 0.1) is 56.7 Å². The van der Waals surface area contributed by atoms with Crippen LogP contribution in [0.4, 0.5) is 0 Å². The second-order valence-electron chi connectivity index (χ2n) is 19.1. The Morgan fingerprint density at radius 1 is 0.878 bits per heavy atom. The average Bonchev–Trinajstić information content (AvgIpc) is 3.46. The second kappa shape index (κ2) is 13.1. The Morgan fingerprint density at radius 2 is 1.69 bits per heavy atom. The highest BCUT2D eigenvalue weighted by Crippen LogP contribution is 2.77. The number of phenolic OH excluding ortho intramolecular Hbond substituents is 2. The summed E-state index contributed by atoms with van der Waals surface area (Å²) in [6, 6.07) is 5.68. The van der Waals surface area contributed by atoms with Gasteiger partial charge in [-0.2, -0.15) is 0 Å². The van der Waals surface area contributed by atoms with Crippen molar-refractivity contribution >= 4 is 0 Å². The van der Waals surface area contributed by atoms with Gasteiger partial charge in [-0.1, -0.05) is 47.3 Å². The number of rotatable bonds is 9. The van der Waals surface area contributed by atoms with Crippen LogP contribution in [-0.4, -0.2) is 54.0 Å². The van der Waals surface area contributed by atoms with Crippen molar-refractivity contribution in [3.05, 3.63) is 35.9 Å². The Bertz CT molecular complexity index is 1370. The summed E-state index contributed by atoms with van der Waals surface area (Å²) in [6.45, 7) is 20.3. The first-order chi connectivity index (χ1) is 23.3. The highest BCUT2D eigenvalue weighted by molar-refractivity contribution is 5.40. The van der Waals surface area contributed by atoms with Gasteiger partial charge in [0.25, 0.3) is 0 Å². The molecule has 1 aromatic rings. The van der Waals surface area contributed by atoms with Gasteiger partial charge in [0.05, 0.1) is 13.2 Å². The zero-order valence-corrected chi connectivity index (χ0v) is 31.4. The Hall–Kier alpha value is -1.60. The highest BCUT2D eigenvalue weighted by atomic mass is 16.7. The number of ether oxygens (including phenoxy) is 2. The zero-order valence-electron chi connectivity index (χ0n) is 31.4. The molecule has 274 valence electrons. The fourth-order valence-electron chi connectivity index (χ4n) is 14.1. The van der Waals surface area contributed by atoms with Crippen LogP contribution in [0.5, 0.6) is 11.5 Å². The van der Waals surface area contributed by atoms with E-state index in [0.29, 0.717) is 40.5 Å². The molecule has 0 spiro atoms. The van der Waals surface area contributed by atoms with E-state index >= 15 is 0 Å². The van der Waals surface area contributed by atoms with Crippen molar-refractivity contribution in [1.82, 2.24) is 5.32 Å². The lowest BCUT2D eigenvalue weighted by Crippen LogP contribution is -2.67. The van der Waals surface area contributed by atoms with Gasteiger partial charge in [0, 0.05) is 12.6 Å². The van der Waals surface area contributed by atoms with E-state index in [1.165, 1.54) is 64.2 Å². The molecule has 5 saturated carbocycles. The van der Waals surface area contributed by atoms with Crippen molar-refractivity contribution in [2.24, 2.45) is 56.7 Å². The molecule has 6 fully saturated rings. The first-order valence-corrected chi connectivity index (χ1v) is 20.0. The van der Waals surface area contributed by atoms with Crippen molar-refractivity contribution in [2.45, 2.75) is 137 Å². The van der Waals surface area contributed by atoms with Crippen molar-refractivity contribution in [2.75, 3.05) is 26.4 Å². The number of aromatic hydroxyl groups is 2. The third-order valence-corrected chi connectivity index (χ3v) is 16.9. The number of fused-ring (bicyclic) bond motifs is 7. The maximum atomic E-state index is 10.4. The lowest BCUT2D eigenvalue weighted by Gasteiger charge is -2.73. The predicted molar refractivity (Wildman–Crippen MR) is 195 cm³/mol. The summed E-state index contributed by atoms with van der Waals surface area (Å²) < 4.78 is 12.7. The van der Waals surface area contributed by atoms with E-state index in [1.54, 1.807) is 12.1 Å². The molecule has 49 heavy (non-hydrogen) atoms. The van der Waals surface area contributed by atoms with E-state index < -0.39 is 0 Å². The molecule has 0 bridgehead atoms. The molecule has 6 unspecified atom stereocenters. The predicted octanol–water partition coefficient (Wildman–Crippen LogP) is 8.77. The zero-order chi connectivity index (χ0) is 34.8. The smallest absolute Gasteiger partial charge is 0.157 e. The topological polar surface area (TPSA) is 91.2 Å². The number of aliphatic hydroxyl groups is 1. The third kappa shape index (κ3) is 5.73. The summed E-state index contributed by atoms with van der Waals surface area (Å²) in [4.78, 5) is 0. The number of hydrogen-bond acceptors (Lipinski definition) is 6. The van der Waals surface area contributed by atoms with Crippen LogP contribution in [0.1, 0.15) is 124 Å². The number of nitrogens with one attached hydrogen (secondary N) is 1. The molecule has 0 aromatic heterocycles. The fraction of sp³-hybridized carbons (Fsp3) is 0.814. The minimum atomic E-state index is -0.0541. The van der Waals surface area contributed by atoms with Gasteiger partial charge in [0.1, 0.15) is 0 Å². The van der Waals surface area contributed by atoms with Gasteiger partial charge in [-0.3, -0.25) is 0 Å². The van der Waals surface area contributed by atoms with Crippen LogP contribution < -0.4 is 5.32 Å². The first-order valence-electron chi connectivity index (χ1n) is 20.0. The first kappa shape index (κ1) is 35.8. The highest BCUT2D eigenvalue weighted by Gasteiger charge is 2.71. The van der Waals surface area contributed by atoms with E-state index in [-0.39, 0.29) is 40.6 Å². The molecule has 6 aliphatic rings. The minimum absolute atomic E-state index is 0.0345. The van der Waals surface area contributed by atoms with Gasteiger partial charge in [0.15, 0.2) is 17.8 Å². The van der Waals surface area contributed by atoms with E-state index in [2.05, 4.69) is 46.5 Å². The molecule has 4 N–H and O–H groups in total. The number of aliphatic hydroxyl groups excluding tert-OH is 1. The molecular formula is C43H67NO5. The Balaban J connectivity index is 1.10. The van der Waals surface area contributed by atoms with Gasteiger partial charge in [-0.25, -0.2) is 0 Å². The maximum absolute atomic E-state index is 10.4. The maximum Gasteiger partial charge on any atom is 0.157 e. The molecule has 1 saturated heterocycles. The van der Waals surface area contributed by atoms with E-state index in [9.17, 15) is 15.3 Å². The molecule has 5 aliphatic carbocycles. The molecular weight excluding hydrogens is 610 g/mol. The second-order valence-corrected chi connectivity index (χ2v) is 19.1. The molecule has 11 atom stereocenters. The van der Waals surface area contributed by atoms with Gasteiger partial charge < -0.3 is 30.1 Å². The fourth-order valence-corrected chi connectivity index (χ4v) is 14.1. The molecule has 0 radical (unpaired) electrons. The Labute approximate surface area is 296 Å². The quantitative estimate of drug-likeness (QED) is 0.154. The molecule has 0 amide bonds. The summed E-state index contributed by atoms with van der Waals surface area (Å²) in [5, 5.41) is 34.1. The molecule has 1 aliphatic heterocycles. The van der Waals surface area contributed by atoms with E-state index in [1.807, 2.05) is 6.07 Å². The summed E-state index contributed by atoms with van der Waals surface area (Å²) in [6.07, 6.45) is 16.7. The van der Waals surface area contributed by atoms with E-state index in [0.717, 1.165) is 62.5 Å². The van der Waals surface area contributed by atoms with Crippen LogP contribution in [-0.2, 0) is 15.9 Å². The lowest BCUT2D eigenvalue weighted by atomic mass is 9.32. The number of benzene rings is 1. The summed E-state index contributed by atoms with van der Waals surface area (Å²) in [7, 11) is 0. The lowest BCUT2D eigenvalue weighted by molar-refractivity contribution is -0.250. The van der Waals surface area contributed by atoms with Crippen LogP contribution >= 0.6 is 0 Å². The van der Waals surface area contributed by atoms with Crippen molar-refractivity contribution in [3.63, 3.8) is 0 Å². The van der Waals surface area contributed by atoms with Crippen molar-refractivity contribution < 1.29 is 24.8 Å². The van der Waals surface area contributed by atoms with Gasteiger partial charge in [-0.05, 0) is 176 Å². The summed E-state index contributed by atoms with van der Waals surface area (Å²) in [5.74, 6) is 2.88. The Morgan fingerprint density at radius 3 is 2.43 bits per heavy atom. The monoisotopic (exact) mass is 678 g/mol. The number of hydrogen-bond donors (Lipinski definition) is 4. The molecule has 6 heteroatoms. The Kier molecular flexibility index (Phi) is 9.58. The average molecular weight is 678 g/mol. The number of phenols is 2. The van der Waals surface area contributed by atoms with Crippen LogP contribution in [0.25, 0.3) is 0 Å². The molecule has 1 heterocycles. The van der Waals surface area contributed by atoms with Crippen LogP contribution in [0.3, 0.4) is 0 Å².